The zero-order valence-corrected chi connectivity index (χ0v) is 18.5. The average Bonchev–Trinajstić information content (AvgIpc) is 2.67. The van der Waals surface area contributed by atoms with Crippen LogP contribution in [0.25, 0.3) is 0 Å². The van der Waals surface area contributed by atoms with Crippen LogP contribution in [0.4, 0.5) is 0 Å². The van der Waals surface area contributed by atoms with Crippen molar-refractivity contribution in [3.8, 4) is 0 Å². The molecule has 0 aromatic heterocycles. The van der Waals surface area contributed by atoms with Crippen LogP contribution in [0.2, 0.25) is 0 Å². The van der Waals surface area contributed by atoms with Crippen molar-refractivity contribution in [2.75, 3.05) is 20.6 Å². The minimum absolute atomic E-state index is 0.178. The van der Waals surface area contributed by atoms with Gasteiger partial charge in [0.25, 0.3) is 0 Å². The molecule has 162 valence electrons. The zero-order chi connectivity index (χ0) is 22.4. The van der Waals surface area contributed by atoms with Gasteiger partial charge in [-0.25, -0.2) is 13.2 Å². The van der Waals surface area contributed by atoms with Crippen molar-refractivity contribution in [3.63, 3.8) is 0 Å². The van der Waals surface area contributed by atoms with Gasteiger partial charge in [-0.2, -0.15) is 5.26 Å². The standard InChI is InChI=1S/C8H8O3.C7H8O3S.C6H15N/c1-6-2-4-7(5-3-6)8(9)11-10;1-6-2-4-7(5-3-6)11(8,9)10;1-4-5-6-7(2)3/h2-5,10H,1H3;2-5H,1H3,(H,8,9,10);4-6H2,1-3H3. The second-order valence-electron chi connectivity index (χ2n) is 6.82. The molecule has 8 heteroatoms. The van der Waals surface area contributed by atoms with Crippen LogP contribution in [0.3, 0.4) is 0 Å². The molecule has 0 saturated heterocycles. The Morgan fingerprint density at radius 2 is 1.45 bits per heavy atom. The summed E-state index contributed by atoms with van der Waals surface area (Å²) in [5.41, 5.74) is 2.33. The van der Waals surface area contributed by atoms with Crippen molar-refractivity contribution in [1.82, 2.24) is 0 Å². The minimum atomic E-state index is -4.27. The number of carbonyl (C=O) groups excluding carboxylic acids is 1. The number of hydrogen-bond acceptors (Lipinski definition) is 6. The first-order valence-electron chi connectivity index (χ1n) is 9.25. The molecular formula is C21H31NO6S. The van der Waals surface area contributed by atoms with Crippen molar-refractivity contribution in [2.24, 2.45) is 0 Å². The number of unbranched alkanes of at least 4 members (excludes halogenated alkanes) is 1. The van der Waals surface area contributed by atoms with E-state index in [-0.39, 0.29) is 4.90 Å². The van der Waals surface area contributed by atoms with Crippen LogP contribution in [0.1, 0.15) is 41.3 Å². The van der Waals surface area contributed by atoms with E-state index < -0.39 is 16.1 Å². The molecule has 0 aliphatic carbocycles. The summed E-state index contributed by atoms with van der Waals surface area (Å²) in [6.07, 6.45) is 2.69. The van der Waals surface area contributed by atoms with Crippen molar-refractivity contribution < 1.29 is 32.8 Å². The molecule has 29 heavy (non-hydrogen) atoms. The van der Waals surface area contributed by atoms with Gasteiger partial charge < -0.3 is 9.45 Å². The lowest BCUT2D eigenvalue weighted by Crippen LogP contribution is -3.05. The first-order chi connectivity index (χ1) is 13.5. The van der Waals surface area contributed by atoms with Crippen molar-refractivity contribution in [2.45, 2.75) is 38.5 Å². The molecule has 0 bridgehead atoms. The Morgan fingerprint density at radius 3 is 1.76 bits per heavy atom. The van der Waals surface area contributed by atoms with Gasteiger partial charge in [0, 0.05) is 0 Å². The molecule has 7 nitrogen and oxygen atoms in total. The Kier molecular flexibility index (Phi) is 12.8. The largest absolute Gasteiger partial charge is 0.744 e. The van der Waals surface area contributed by atoms with Gasteiger partial charge in [0.05, 0.1) is 31.1 Å². The number of hydrogen-bond donors (Lipinski definition) is 2. The van der Waals surface area contributed by atoms with Gasteiger partial charge in [-0.1, -0.05) is 48.7 Å². The van der Waals surface area contributed by atoms with E-state index in [9.17, 15) is 17.8 Å². The molecule has 2 N–H and O–H groups in total. The van der Waals surface area contributed by atoms with Crippen LogP contribution in [-0.4, -0.2) is 44.8 Å². The maximum Gasteiger partial charge on any atom is 0.372 e. The summed E-state index contributed by atoms with van der Waals surface area (Å²) >= 11 is 0. The smallest absolute Gasteiger partial charge is 0.372 e. The first-order valence-corrected chi connectivity index (χ1v) is 10.7. The predicted octanol–water partition coefficient (Wildman–Crippen LogP) is 2.45. The van der Waals surface area contributed by atoms with E-state index >= 15 is 0 Å². The highest BCUT2D eigenvalue weighted by atomic mass is 32.2. The quantitative estimate of drug-likeness (QED) is 0.433. The third-order valence-electron chi connectivity index (χ3n) is 3.71. The Labute approximate surface area is 173 Å². The molecule has 0 saturated carbocycles. The minimum Gasteiger partial charge on any atom is -0.744 e. The van der Waals surface area contributed by atoms with Crippen LogP contribution in [0.5, 0.6) is 0 Å². The van der Waals surface area contributed by atoms with Gasteiger partial charge in [-0.15, -0.1) is 0 Å². The SMILES string of the molecule is CCCC[NH+](C)C.Cc1ccc(C(=O)OO)cc1.Cc1ccc(S(=O)(=O)[O-])cc1. The Morgan fingerprint density at radius 1 is 1.00 bits per heavy atom. The third-order valence-corrected chi connectivity index (χ3v) is 4.56. The molecule has 0 heterocycles. The van der Waals surface area contributed by atoms with Gasteiger partial charge in [0.1, 0.15) is 10.1 Å². The summed E-state index contributed by atoms with van der Waals surface area (Å²) < 4.78 is 31.2. The van der Waals surface area contributed by atoms with E-state index in [2.05, 4.69) is 25.9 Å². The fraction of sp³-hybridized carbons (Fsp3) is 0.381. The second kappa shape index (κ2) is 13.8. The van der Waals surface area contributed by atoms with E-state index in [4.69, 9.17) is 5.26 Å². The maximum absolute atomic E-state index is 10.7. The summed E-state index contributed by atoms with van der Waals surface area (Å²) in [7, 11) is 0.111. The van der Waals surface area contributed by atoms with E-state index in [0.29, 0.717) is 5.56 Å². The Balaban J connectivity index is 0.000000419. The Hall–Kier alpha value is -2.26. The van der Waals surface area contributed by atoms with Gasteiger partial charge >= 0.3 is 5.97 Å². The summed E-state index contributed by atoms with van der Waals surface area (Å²) in [5.74, 6) is -0.731. The lowest BCUT2D eigenvalue weighted by Gasteiger charge is -2.05. The number of nitrogens with one attached hydrogen (secondary N) is 1. The van der Waals surface area contributed by atoms with Gasteiger partial charge in [-0.3, -0.25) is 4.89 Å². The fourth-order valence-corrected chi connectivity index (χ4v) is 2.45. The van der Waals surface area contributed by atoms with E-state index in [1.165, 1.54) is 31.5 Å². The van der Waals surface area contributed by atoms with Crippen LogP contribution in [-0.2, 0) is 15.0 Å². The lowest BCUT2D eigenvalue weighted by atomic mass is 10.2. The first kappa shape index (κ1) is 26.7. The molecular weight excluding hydrogens is 394 g/mol. The summed E-state index contributed by atoms with van der Waals surface area (Å²) in [4.78, 5) is 15.6. The van der Waals surface area contributed by atoms with E-state index in [0.717, 1.165) is 11.1 Å². The van der Waals surface area contributed by atoms with E-state index in [1.54, 1.807) is 41.3 Å². The highest BCUT2D eigenvalue weighted by Gasteiger charge is 2.04. The van der Waals surface area contributed by atoms with E-state index in [1.807, 2.05) is 13.8 Å². The van der Waals surface area contributed by atoms with Gasteiger partial charge in [-0.05, 0) is 44.5 Å². The predicted molar refractivity (Wildman–Crippen MR) is 111 cm³/mol. The Bertz CT molecular complexity index is 815. The molecule has 2 rings (SSSR count). The molecule has 0 fully saturated rings. The van der Waals surface area contributed by atoms with Crippen LogP contribution in [0, 0.1) is 13.8 Å². The molecule has 0 radical (unpaired) electrons. The van der Waals surface area contributed by atoms with Crippen LogP contribution < -0.4 is 4.90 Å². The number of rotatable bonds is 5. The number of aryl methyl sites for hydroxylation is 2. The molecule has 0 unspecified atom stereocenters. The molecule has 0 atom stereocenters. The highest BCUT2D eigenvalue weighted by molar-refractivity contribution is 7.85. The normalized spacial score (nSPS) is 10.3. The van der Waals surface area contributed by atoms with Gasteiger partial charge in [0.15, 0.2) is 0 Å². The lowest BCUT2D eigenvalue weighted by molar-refractivity contribution is -0.858. The van der Waals surface area contributed by atoms with Crippen LogP contribution in [0.15, 0.2) is 53.4 Å². The summed E-state index contributed by atoms with van der Waals surface area (Å²) in [5, 5.41) is 8.01. The maximum atomic E-state index is 10.7. The number of carbonyl (C=O) groups is 1. The average molecular weight is 426 g/mol. The third kappa shape index (κ3) is 12.7. The summed E-state index contributed by atoms with van der Waals surface area (Å²) in [6.45, 7) is 7.27. The topological polar surface area (TPSA) is 108 Å². The number of benzene rings is 2. The van der Waals surface area contributed by atoms with Gasteiger partial charge in [0.2, 0.25) is 0 Å². The molecule has 0 amide bonds. The number of quaternary nitrogens is 1. The monoisotopic (exact) mass is 425 g/mol. The highest BCUT2D eigenvalue weighted by Crippen LogP contribution is 2.08. The van der Waals surface area contributed by atoms with Crippen molar-refractivity contribution >= 4 is 16.1 Å². The van der Waals surface area contributed by atoms with Crippen molar-refractivity contribution in [1.29, 1.82) is 0 Å². The fourth-order valence-electron chi connectivity index (χ4n) is 1.98. The summed E-state index contributed by atoms with van der Waals surface area (Å²) in [6, 6.07) is 12.5. The molecule has 0 aliphatic heterocycles. The zero-order valence-electron chi connectivity index (χ0n) is 17.6. The molecule has 2 aromatic carbocycles. The van der Waals surface area contributed by atoms with Crippen LogP contribution >= 0.6 is 0 Å². The molecule has 0 aliphatic rings. The van der Waals surface area contributed by atoms with Crippen molar-refractivity contribution in [3.05, 3.63) is 65.2 Å². The molecule has 0 spiro atoms. The molecule has 2 aromatic rings. The second-order valence-corrected chi connectivity index (χ2v) is 8.20.